The minimum Gasteiger partial charge on any atom is -0.286 e. The zero-order valence-corrected chi connectivity index (χ0v) is 8.02. The predicted molar refractivity (Wildman–Crippen MR) is 46.3 cm³/mol. The van der Waals surface area contributed by atoms with E-state index in [4.69, 9.17) is 4.55 Å². The third-order valence-corrected chi connectivity index (χ3v) is 2.06. The largest absolute Gasteiger partial charge is 0.286 e. The molecule has 0 amide bonds. The molecule has 0 unspecified atom stereocenters. The van der Waals surface area contributed by atoms with Crippen LogP contribution in [0.4, 0.5) is 0 Å². The molecule has 1 radical (unpaired) electrons. The topological polar surface area (TPSA) is 54.4 Å². The van der Waals surface area contributed by atoms with Gasteiger partial charge in [-0.3, -0.25) is 4.55 Å². The minimum absolute atomic E-state index is 0. The van der Waals surface area contributed by atoms with Gasteiger partial charge in [0.05, 0.1) is 5.75 Å². The van der Waals surface area contributed by atoms with Gasteiger partial charge in [0.25, 0.3) is 10.1 Å². The van der Waals surface area contributed by atoms with Crippen molar-refractivity contribution in [3.63, 3.8) is 0 Å². The van der Waals surface area contributed by atoms with Crippen molar-refractivity contribution < 1.29 is 13.0 Å². The van der Waals surface area contributed by atoms with Crippen molar-refractivity contribution in [2.45, 2.75) is 32.6 Å². The van der Waals surface area contributed by atoms with Gasteiger partial charge < -0.3 is 0 Å². The Morgan fingerprint density at radius 3 is 2.09 bits per heavy atom. The summed E-state index contributed by atoms with van der Waals surface area (Å²) in [7, 11) is -3.70. The van der Waals surface area contributed by atoms with Crippen LogP contribution in [0.1, 0.15) is 32.6 Å². The first kappa shape index (κ1) is 14.1. The maximum absolute atomic E-state index is 10.1. The molecule has 0 aliphatic carbocycles. The van der Waals surface area contributed by atoms with E-state index in [0.29, 0.717) is 6.42 Å². The second-order valence-corrected chi connectivity index (χ2v) is 3.92. The van der Waals surface area contributed by atoms with E-state index in [1.54, 1.807) is 0 Å². The molecule has 0 atom stereocenters. The van der Waals surface area contributed by atoms with Crippen LogP contribution in [0.15, 0.2) is 0 Å². The summed E-state index contributed by atoms with van der Waals surface area (Å²) < 4.78 is 28.6. The van der Waals surface area contributed by atoms with Crippen LogP contribution in [-0.4, -0.2) is 37.6 Å². The summed E-state index contributed by atoms with van der Waals surface area (Å²) in [6.07, 6.45) is 3.57. The average Bonchev–Trinajstić information content (AvgIpc) is 1.78. The van der Waals surface area contributed by atoms with Crippen LogP contribution in [0.5, 0.6) is 0 Å². The third-order valence-electron chi connectivity index (χ3n) is 1.26. The molecular weight excluding hydrogens is 159 g/mol. The summed E-state index contributed by atoms with van der Waals surface area (Å²) in [4.78, 5) is 0. The van der Waals surface area contributed by atoms with E-state index in [1.165, 1.54) is 0 Å². The van der Waals surface area contributed by atoms with Crippen molar-refractivity contribution in [1.29, 1.82) is 0 Å². The van der Waals surface area contributed by atoms with Crippen LogP contribution in [-0.2, 0) is 10.1 Å². The van der Waals surface area contributed by atoms with Crippen LogP contribution in [0, 0.1) is 0 Å². The Kier molecular flexibility index (Phi) is 9.16. The van der Waals surface area contributed by atoms with Crippen LogP contribution in [0.2, 0.25) is 0 Å². The van der Waals surface area contributed by atoms with Crippen molar-refractivity contribution in [2.75, 3.05) is 5.75 Å². The van der Waals surface area contributed by atoms with Gasteiger partial charge in [0.1, 0.15) is 0 Å². The molecule has 0 saturated heterocycles. The van der Waals surface area contributed by atoms with Crippen LogP contribution >= 0.6 is 0 Å². The zero-order valence-electron chi connectivity index (χ0n) is 7.21. The summed E-state index contributed by atoms with van der Waals surface area (Å²) in [5.41, 5.74) is 0. The summed E-state index contributed by atoms with van der Waals surface area (Å²) in [5, 5.41) is 0. The fourth-order valence-corrected chi connectivity index (χ4v) is 1.28. The van der Waals surface area contributed by atoms with E-state index >= 15 is 0 Å². The van der Waals surface area contributed by atoms with Crippen molar-refractivity contribution in [2.24, 2.45) is 0 Å². The minimum atomic E-state index is -3.70. The van der Waals surface area contributed by atoms with Gasteiger partial charge in [-0.05, 0) is 6.42 Å². The smallest absolute Gasteiger partial charge is 0.264 e. The normalized spacial score (nSPS) is 10.7. The molecule has 0 saturated carbocycles. The fraction of sp³-hybridized carbons (Fsp3) is 1.00. The van der Waals surface area contributed by atoms with E-state index in [0.717, 1.165) is 19.3 Å². The second-order valence-electron chi connectivity index (χ2n) is 2.35. The molecule has 5 heteroatoms. The molecule has 0 aromatic rings. The van der Waals surface area contributed by atoms with Gasteiger partial charge in [-0.1, -0.05) is 26.2 Å². The Labute approximate surface area is 80.5 Å². The molecule has 0 heterocycles. The van der Waals surface area contributed by atoms with E-state index in [1.807, 2.05) is 6.92 Å². The third kappa shape index (κ3) is 13.5. The second kappa shape index (κ2) is 7.17. The Hall–Kier alpha value is 0.507. The van der Waals surface area contributed by atoms with Gasteiger partial charge in [0.15, 0.2) is 0 Å². The average molecular weight is 173 g/mol. The van der Waals surface area contributed by atoms with Crippen LogP contribution in [0.25, 0.3) is 0 Å². The van der Waals surface area contributed by atoms with Crippen molar-refractivity contribution in [1.82, 2.24) is 0 Å². The molecule has 0 fully saturated rings. The van der Waals surface area contributed by atoms with E-state index in [2.05, 4.69) is 0 Å². The Balaban J connectivity index is 0. The standard InChI is InChI=1S/C6H14O3S.Li/c1-2-3-4-5-6-10(7,8)9;/h2-6H2,1H3,(H,7,8,9);. The molecule has 0 bridgehead atoms. The molecule has 0 rings (SSSR count). The number of rotatable bonds is 5. The molecule has 3 nitrogen and oxygen atoms in total. The van der Waals surface area contributed by atoms with Crippen molar-refractivity contribution in [3.8, 4) is 0 Å². The monoisotopic (exact) mass is 173 g/mol. The maximum Gasteiger partial charge on any atom is 0.264 e. The maximum atomic E-state index is 10.1. The van der Waals surface area contributed by atoms with E-state index < -0.39 is 10.1 Å². The quantitative estimate of drug-likeness (QED) is 0.384. The molecule has 11 heavy (non-hydrogen) atoms. The number of unbranched alkanes of at least 4 members (excludes halogenated alkanes) is 3. The Bertz CT molecular complexity index is 165. The predicted octanol–water partition coefficient (Wildman–Crippen LogP) is 1.07. The van der Waals surface area contributed by atoms with Crippen LogP contribution in [0.3, 0.4) is 0 Å². The first-order chi connectivity index (χ1) is 4.56. The Morgan fingerprint density at radius 1 is 1.18 bits per heavy atom. The van der Waals surface area contributed by atoms with Gasteiger partial charge in [-0.25, -0.2) is 0 Å². The number of hydrogen-bond acceptors (Lipinski definition) is 2. The summed E-state index contributed by atoms with van der Waals surface area (Å²) in [6, 6.07) is 0. The van der Waals surface area contributed by atoms with Gasteiger partial charge in [-0.2, -0.15) is 8.42 Å². The van der Waals surface area contributed by atoms with Crippen LogP contribution < -0.4 is 0 Å². The molecule has 1 N–H and O–H groups in total. The molecule has 63 valence electrons. The van der Waals surface area contributed by atoms with Gasteiger partial charge in [0, 0.05) is 18.9 Å². The molecule has 0 aliphatic rings. The first-order valence-electron chi connectivity index (χ1n) is 3.51. The van der Waals surface area contributed by atoms with Crippen molar-refractivity contribution in [3.05, 3.63) is 0 Å². The zero-order chi connectivity index (χ0) is 8.04. The fourth-order valence-electron chi connectivity index (χ4n) is 0.711. The first-order valence-corrected chi connectivity index (χ1v) is 5.12. The van der Waals surface area contributed by atoms with E-state index in [-0.39, 0.29) is 24.6 Å². The molecule has 0 aliphatic heterocycles. The SMILES string of the molecule is CCCCCCS(=O)(=O)O.[Li]. The Morgan fingerprint density at radius 2 is 1.73 bits per heavy atom. The molecule has 0 spiro atoms. The molecular formula is C6H14LiO3S. The summed E-state index contributed by atoms with van der Waals surface area (Å²) >= 11 is 0. The molecule has 0 aromatic heterocycles. The summed E-state index contributed by atoms with van der Waals surface area (Å²) in [6.45, 7) is 2.05. The van der Waals surface area contributed by atoms with Crippen molar-refractivity contribution >= 4 is 29.0 Å². The molecule has 0 aromatic carbocycles. The summed E-state index contributed by atoms with van der Waals surface area (Å²) in [5.74, 6) is -0.0903. The van der Waals surface area contributed by atoms with E-state index in [9.17, 15) is 8.42 Å². The number of hydrogen-bond donors (Lipinski definition) is 1. The van der Waals surface area contributed by atoms with Gasteiger partial charge in [0.2, 0.25) is 0 Å². The van der Waals surface area contributed by atoms with Gasteiger partial charge in [-0.15, -0.1) is 0 Å². The van der Waals surface area contributed by atoms with Gasteiger partial charge >= 0.3 is 0 Å².